The Balaban J connectivity index is 1.03. The summed E-state index contributed by atoms with van der Waals surface area (Å²) in [4.78, 5) is 28.1. The third-order valence-electron chi connectivity index (χ3n) is 10.1. The van der Waals surface area contributed by atoms with Gasteiger partial charge in [-0.25, -0.2) is 18.4 Å². The van der Waals surface area contributed by atoms with Crippen LogP contribution in [0.4, 0.5) is 22.9 Å². The molecule has 2 heterocycles. The molecule has 0 spiro atoms. The van der Waals surface area contributed by atoms with Gasteiger partial charge in [0.25, 0.3) is 15.7 Å². The molecule has 2 N–H and O–H groups in total. The molecule has 1 aliphatic rings. The number of sulfonamides is 1. The van der Waals surface area contributed by atoms with E-state index in [2.05, 4.69) is 52.9 Å². The highest BCUT2D eigenvalue weighted by atomic mass is 35.5. The minimum atomic E-state index is -4.27. The predicted octanol–water partition coefficient (Wildman–Crippen LogP) is 8.51. The Kier molecular flexibility index (Phi) is 13.1. The molecule has 300 valence electrons. The number of rotatable bonds is 16. The van der Waals surface area contributed by atoms with Crippen molar-refractivity contribution in [3.63, 3.8) is 0 Å². The number of piperazine rings is 1. The van der Waals surface area contributed by atoms with Gasteiger partial charge in [0, 0.05) is 71.6 Å². The molecule has 1 aliphatic heterocycles. The molecular formula is C43H45ClN8O4S2. The summed E-state index contributed by atoms with van der Waals surface area (Å²) >= 11 is 8.38. The molecule has 1 aromatic heterocycles. The van der Waals surface area contributed by atoms with Crippen LogP contribution in [0, 0.1) is 10.1 Å². The van der Waals surface area contributed by atoms with Gasteiger partial charge in [-0.2, -0.15) is 0 Å². The number of halogens is 1. The second-order valence-electron chi connectivity index (χ2n) is 14.4. The van der Waals surface area contributed by atoms with Gasteiger partial charge in [-0.05, 0) is 92.3 Å². The number of hydrogen-bond acceptors (Lipinski definition) is 11. The summed E-state index contributed by atoms with van der Waals surface area (Å²) in [5.41, 5.74) is 4.84. The smallest absolute Gasteiger partial charge is 0.293 e. The van der Waals surface area contributed by atoms with Gasteiger partial charge >= 0.3 is 0 Å². The van der Waals surface area contributed by atoms with Crippen molar-refractivity contribution < 1.29 is 13.3 Å². The van der Waals surface area contributed by atoms with Crippen molar-refractivity contribution in [2.24, 2.45) is 0 Å². The molecule has 15 heteroatoms. The average molecular weight is 837 g/mol. The lowest BCUT2D eigenvalue weighted by Gasteiger charge is -2.36. The monoisotopic (exact) mass is 836 g/mol. The summed E-state index contributed by atoms with van der Waals surface area (Å²) < 4.78 is 30.1. The SMILES string of the molecule is CN(C)CC[C@H](CSc1ccccc1)Nc1ccc(S(=O)(=O)Nc2ncnc3cc(N4CCN(Cc5c(Cl)cccc5-c5ccccc5)CC4)ccc23)cc1[N+](=O)[O-]. The lowest BCUT2D eigenvalue weighted by Crippen LogP contribution is -2.46. The van der Waals surface area contributed by atoms with Crippen LogP contribution in [0.1, 0.15) is 12.0 Å². The number of benzene rings is 5. The van der Waals surface area contributed by atoms with E-state index in [0.29, 0.717) is 16.7 Å². The maximum absolute atomic E-state index is 13.7. The standard InChI is InChI=1S/C43H45ClN8O4S2/c1-49(2)21-20-32(29-57-34-12-7-4-8-13-34)47-40-19-17-35(27-42(40)52(53)54)58(55,56)48-43-37-18-16-33(26-41(37)45-30-46-43)51-24-22-50(23-25-51)28-38-36(14-9-15-39(38)44)31-10-5-3-6-11-31/h3-19,26-27,30,32,47H,20-25,28-29H2,1-2H3,(H,45,46,48)/t32-/m1/s1. The van der Waals surface area contributed by atoms with Crippen LogP contribution in [0.2, 0.25) is 5.02 Å². The molecule has 6 aromatic rings. The third kappa shape index (κ3) is 10.1. The average Bonchev–Trinajstić information content (AvgIpc) is 3.23. The summed E-state index contributed by atoms with van der Waals surface area (Å²) in [7, 11) is -0.317. The zero-order chi connectivity index (χ0) is 40.6. The molecule has 0 unspecified atom stereocenters. The molecule has 7 rings (SSSR count). The fraction of sp³-hybridized carbons (Fsp3) is 0.256. The summed E-state index contributed by atoms with van der Waals surface area (Å²) in [6.07, 6.45) is 2.04. The van der Waals surface area contributed by atoms with Gasteiger partial charge in [0.05, 0.1) is 15.3 Å². The van der Waals surface area contributed by atoms with Crippen molar-refractivity contribution in [2.75, 3.05) is 67.5 Å². The maximum Gasteiger partial charge on any atom is 0.293 e. The maximum atomic E-state index is 13.7. The molecule has 1 fully saturated rings. The zero-order valence-corrected chi connectivity index (χ0v) is 34.7. The van der Waals surface area contributed by atoms with Crippen LogP contribution in [-0.4, -0.2) is 91.7 Å². The van der Waals surface area contributed by atoms with E-state index in [-0.39, 0.29) is 28.1 Å². The number of thioether (sulfide) groups is 1. The second kappa shape index (κ2) is 18.6. The Labute approximate surface area is 348 Å². The lowest BCUT2D eigenvalue weighted by atomic mass is 9.99. The van der Waals surface area contributed by atoms with Crippen molar-refractivity contribution >= 4 is 67.2 Å². The van der Waals surface area contributed by atoms with Gasteiger partial charge in [0.1, 0.15) is 12.0 Å². The highest BCUT2D eigenvalue weighted by Crippen LogP contribution is 2.34. The van der Waals surface area contributed by atoms with Crippen LogP contribution in [0.3, 0.4) is 0 Å². The Morgan fingerprint density at radius 1 is 0.897 bits per heavy atom. The molecule has 5 aromatic carbocycles. The fourth-order valence-corrected chi connectivity index (χ4v) is 9.28. The molecule has 1 saturated heterocycles. The Morgan fingerprint density at radius 2 is 1.64 bits per heavy atom. The molecule has 1 atom stereocenters. The van der Waals surface area contributed by atoms with E-state index in [0.717, 1.165) is 84.1 Å². The van der Waals surface area contributed by atoms with Crippen molar-refractivity contribution in [3.8, 4) is 11.1 Å². The van der Waals surface area contributed by atoms with E-state index in [9.17, 15) is 18.5 Å². The lowest BCUT2D eigenvalue weighted by molar-refractivity contribution is -0.384. The third-order valence-corrected chi connectivity index (χ3v) is 13.0. The number of nitrogens with one attached hydrogen (secondary N) is 2. The molecule has 0 bridgehead atoms. The van der Waals surface area contributed by atoms with E-state index >= 15 is 0 Å². The molecule has 58 heavy (non-hydrogen) atoms. The van der Waals surface area contributed by atoms with E-state index in [1.807, 2.05) is 93.0 Å². The molecule has 0 saturated carbocycles. The number of nitrogens with zero attached hydrogens (tertiary/aromatic N) is 6. The largest absolute Gasteiger partial charge is 0.376 e. The number of fused-ring (bicyclic) bond motifs is 1. The molecule has 12 nitrogen and oxygen atoms in total. The minimum absolute atomic E-state index is 0.0851. The van der Waals surface area contributed by atoms with Gasteiger partial charge in [-0.3, -0.25) is 19.7 Å². The molecular weight excluding hydrogens is 792 g/mol. The van der Waals surface area contributed by atoms with Crippen LogP contribution in [-0.2, 0) is 16.6 Å². The molecule has 0 radical (unpaired) electrons. The number of anilines is 3. The molecule has 0 aliphatic carbocycles. The van der Waals surface area contributed by atoms with E-state index in [1.165, 1.54) is 18.5 Å². The first kappa shape index (κ1) is 40.9. The number of aromatic nitrogens is 2. The summed E-state index contributed by atoms with van der Waals surface area (Å²) in [6, 6.07) is 35.8. The normalized spacial score (nSPS) is 14.1. The van der Waals surface area contributed by atoms with Crippen molar-refractivity contribution in [3.05, 3.63) is 142 Å². The summed E-state index contributed by atoms with van der Waals surface area (Å²) in [5.74, 6) is 0.747. The second-order valence-corrected chi connectivity index (χ2v) is 17.6. The van der Waals surface area contributed by atoms with Crippen LogP contribution in [0.5, 0.6) is 0 Å². The van der Waals surface area contributed by atoms with Crippen molar-refractivity contribution in [2.45, 2.75) is 28.8 Å². The number of nitro groups is 1. The van der Waals surface area contributed by atoms with E-state index in [1.54, 1.807) is 11.8 Å². The Hall–Kier alpha value is -5.25. The van der Waals surface area contributed by atoms with Gasteiger partial charge in [0.15, 0.2) is 5.82 Å². The summed E-state index contributed by atoms with van der Waals surface area (Å²) in [6.45, 7) is 4.73. The van der Waals surface area contributed by atoms with Gasteiger partial charge in [-0.15, -0.1) is 11.8 Å². The van der Waals surface area contributed by atoms with Crippen molar-refractivity contribution in [1.82, 2.24) is 19.8 Å². The van der Waals surface area contributed by atoms with Crippen LogP contribution < -0.4 is 14.9 Å². The number of nitro benzene ring substituents is 1. The van der Waals surface area contributed by atoms with Crippen molar-refractivity contribution in [1.29, 1.82) is 0 Å². The minimum Gasteiger partial charge on any atom is -0.376 e. The van der Waals surface area contributed by atoms with Crippen LogP contribution in [0.15, 0.2) is 131 Å². The van der Waals surface area contributed by atoms with E-state index < -0.39 is 14.9 Å². The zero-order valence-electron chi connectivity index (χ0n) is 32.3. The van der Waals surface area contributed by atoms with Crippen LogP contribution >= 0.6 is 23.4 Å². The highest BCUT2D eigenvalue weighted by Gasteiger charge is 2.25. The Bertz CT molecular complexity index is 2470. The first-order valence-corrected chi connectivity index (χ1v) is 21.8. The summed E-state index contributed by atoms with van der Waals surface area (Å²) in [5, 5.41) is 16.9. The van der Waals surface area contributed by atoms with E-state index in [4.69, 9.17) is 11.6 Å². The first-order valence-electron chi connectivity index (χ1n) is 19.0. The van der Waals surface area contributed by atoms with Gasteiger partial charge < -0.3 is 15.1 Å². The van der Waals surface area contributed by atoms with Gasteiger partial charge in [-0.1, -0.05) is 72.3 Å². The van der Waals surface area contributed by atoms with Gasteiger partial charge in [0.2, 0.25) is 0 Å². The predicted molar refractivity (Wildman–Crippen MR) is 236 cm³/mol. The fourth-order valence-electron chi connectivity index (χ4n) is 7.00. The Morgan fingerprint density at radius 3 is 2.36 bits per heavy atom. The first-order chi connectivity index (χ1) is 28.0. The topological polar surface area (TPSA) is 137 Å². The number of hydrogen-bond donors (Lipinski definition) is 2. The quantitative estimate of drug-likeness (QED) is 0.0552. The highest BCUT2D eigenvalue weighted by molar-refractivity contribution is 7.99. The molecule has 0 amide bonds. The van der Waals surface area contributed by atoms with Crippen LogP contribution in [0.25, 0.3) is 22.0 Å².